The fraction of sp³-hybridized carbons (Fsp3) is 0.292. The van der Waals surface area contributed by atoms with Crippen molar-refractivity contribution in [2.75, 3.05) is 20.2 Å². The molecule has 0 N–H and O–H groups in total. The second kappa shape index (κ2) is 9.17. The van der Waals surface area contributed by atoms with Crippen molar-refractivity contribution in [2.45, 2.75) is 30.1 Å². The monoisotopic (exact) mass is 480 g/mol. The summed E-state index contributed by atoms with van der Waals surface area (Å²) in [5.41, 5.74) is 1.68. The Labute approximate surface area is 197 Å². The van der Waals surface area contributed by atoms with Crippen LogP contribution < -0.4 is 4.74 Å². The largest absolute Gasteiger partial charge is 0.497 e. The van der Waals surface area contributed by atoms with Crippen LogP contribution in [0.15, 0.2) is 65.7 Å². The zero-order chi connectivity index (χ0) is 22.8. The predicted molar refractivity (Wildman–Crippen MR) is 128 cm³/mol. The molecule has 0 saturated carbocycles. The maximum atomic E-state index is 13.3. The van der Waals surface area contributed by atoms with Crippen LogP contribution in [0, 0.1) is 0 Å². The number of pyridine rings is 1. The molecule has 1 saturated heterocycles. The van der Waals surface area contributed by atoms with Crippen LogP contribution in [0.2, 0.25) is 0 Å². The summed E-state index contributed by atoms with van der Waals surface area (Å²) < 4.78 is 33.5. The Bertz CT molecular complexity index is 1360. The quantitative estimate of drug-likeness (QED) is 0.410. The molecular weight excluding hydrogens is 456 g/mol. The Hall–Kier alpha value is -2.88. The van der Waals surface area contributed by atoms with Crippen molar-refractivity contribution in [2.24, 2.45) is 0 Å². The summed E-state index contributed by atoms with van der Waals surface area (Å²) in [6.45, 7) is 0.924. The van der Waals surface area contributed by atoms with Crippen LogP contribution in [-0.4, -0.2) is 48.1 Å². The second-order valence-electron chi connectivity index (χ2n) is 8.07. The standard InChI is InChI=1S/C24H24N4O3S2/c1-31-20-9-7-17(8-10-20)16-22-26-27-24(32-22)19-11-14-28(15-12-19)33(29,30)21-6-2-4-18-5-3-13-25-23(18)21/h2-10,13,19H,11-12,14-16H2,1H3. The second-order valence-corrected chi connectivity index (χ2v) is 11.1. The number of sulfonamides is 1. The van der Waals surface area contributed by atoms with Gasteiger partial charge >= 0.3 is 0 Å². The predicted octanol–water partition coefficient (Wildman–Crippen LogP) is 4.25. The van der Waals surface area contributed by atoms with E-state index in [-0.39, 0.29) is 10.8 Å². The molecule has 0 spiro atoms. The van der Waals surface area contributed by atoms with Gasteiger partial charge in [0.1, 0.15) is 20.7 Å². The van der Waals surface area contributed by atoms with Gasteiger partial charge in [-0.1, -0.05) is 30.3 Å². The van der Waals surface area contributed by atoms with E-state index >= 15 is 0 Å². The fourth-order valence-corrected chi connectivity index (χ4v) is 6.87. The van der Waals surface area contributed by atoms with Crippen LogP contribution in [0.25, 0.3) is 10.9 Å². The van der Waals surface area contributed by atoms with Crippen molar-refractivity contribution < 1.29 is 13.2 Å². The van der Waals surface area contributed by atoms with E-state index in [1.54, 1.807) is 41.1 Å². The number of hydrogen-bond acceptors (Lipinski definition) is 7. The van der Waals surface area contributed by atoms with Crippen LogP contribution in [0.3, 0.4) is 0 Å². The van der Waals surface area contributed by atoms with Crippen LogP contribution >= 0.6 is 11.3 Å². The first-order valence-corrected chi connectivity index (χ1v) is 13.1. The summed E-state index contributed by atoms with van der Waals surface area (Å²) in [6.07, 6.45) is 3.82. The Morgan fingerprint density at radius 3 is 2.55 bits per heavy atom. The number of ether oxygens (including phenoxy) is 1. The first-order chi connectivity index (χ1) is 16.0. The first kappa shape index (κ1) is 21.9. The number of nitrogens with zero attached hydrogens (tertiary/aromatic N) is 4. The molecular formula is C24H24N4O3S2. The molecule has 1 aliphatic rings. The van der Waals surface area contributed by atoms with Crippen LogP contribution in [0.1, 0.15) is 34.3 Å². The number of benzene rings is 2. The molecule has 3 heterocycles. The maximum Gasteiger partial charge on any atom is 0.245 e. The lowest BCUT2D eigenvalue weighted by molar-refractivity contribution is 0.318. The molecule has 4 aromatic rings. The molecule has 1 aliphatic heterocycles. The highest BCUT2D eigenvalue weighted by Crippen LogP contribution is 2.34. The van der Waals surface area contributed by atoms with E-state index in [0.29, 0.717) is 18.6 Å². The molecule has 0 bridgehead atoms. The minimum Gasteiger partial charge on any atom is -0.497 e. The average molecular weight is 481 g/mol. The number of piperidine rings is 1. The third kappa shape index (κ3) is 4.48. The Balaban J connectivity index is 1.26. The van der Waals surface area contributed by atoms with Gasteiger partial charge < -0.3 is 4.74 Å². The Morgan fingerprint density at radius 1 is 1.03 bits per heavy atom. The molecule has 7 nitrogen and oxygen atoms in total. The molecule has 0 amide bonds. The lowest BCUT2D eigenvalue weighted by Gasteiger charge is -2.30. The number of aromatic nitrogens is 3. The van der Waals surface area contributed by atoms with E-state index in [1.165, 1.54) is 0 Å². The zero-order valence-corrected chi connectivity index (χ0v) is 19.8. The highest BCUT2D eigenvalue weighted by molar-refractivity contribution is 7.89. The zero-order valence-electron chi connectivity index (χ0n) is 18.2. The Morgan fingerprint density at radius 2 is 1.79 bits per heavy atom. The van der Waals surface area contributed by atoms with Gasteiger partial charge in [-0.25, -0.2) is 8.42 Å². The molecule has 5 rings (SSSR count). The van der Waals surface area contributed by atoms with Crippen LogP contribution in [-0.2, 0) is 16.4 Å². The summed E-state index contributed by atoms with van der Waals surface area (Å²) >= 11 is 1.62. The number of para-hydroxylation sites is 1. The molecule has 1 fully saturated rings. The van der Waals surface area contributed by atoms with Crippen molar-refractivity contribution in [3.05, 3.63) is 76.4 Å². The van der Waals surface area contributed by atoms with Gasteiger partial charge in [-0.3, -0.25) is 4.98 Å². The minimum atomic E-state index is -3.61. The topological polar surface area (TPSA) is 85.3 Å². The smallest absolute Gasteiger partial charge is 0.245 e. The molecule has 0 radical (unpaired) electrons. The number of fused-ring (bicyclic) bond motifs is 1. The summed E-state index contributed by atoms with van der Waals surface area (Å²) in [7, 11) is -1.95. The van der Waals surface area contributed by atoms with Crippen molar-refractivity contribution in [1.29, 1.82) is 0 Å². The summed E-state index contributed by atoms with van der Waals surface area (Å²) in [5, 5.41) is 11.6. The van der Waals surface area contributed by atoms with E-state index in [4.69, 9.17) is 4.74 Å². The van der Waals surface area contributed by atoms with Gasteiger partial charge in [0, 0.05) is 37.0 Å². The van der Waals surface area contributed by atoms with E-state index in [9.17, 15) is 8.42 Å². The number of rotatable bonds is 6. The molecule has 0 atom stereocenters. The lowest BCUT2D eigenvalue weighted by Crippen LogP contribution is -2.38. The summed E-state index contributed by atoms with van der Waals surface area (Å²) in [5.74, 6) is 1.06. The normalized spacial score (nSPS) is 15.7. The molecule has 2 aromatic carbocycles. The molecule has 9 heteroatoms. The SMILES string of the molecule is COc1ccc(Cc2nnc(C3CCN(S(=O)(=O)c4cccc5cccnc45)CC3)s2)cc1. The summed E-state index contributed by atoms with van der Waals surface area (Å²) in [6, 6.07) is 16.9. The van der Waals surface area contributed by atoms with Gasteiger partial charge in [0.15, 0.2) is 0 Å². The molecule has 0 aliphatic carbocycles. The van der Waals surface area contributed by atoms with Crippen molar-refractivity contribution in [3.63, 3.8) is 0 Å². The third-order valence-electron chi connectivity index (χ3n) is 6.01. The Kier molecular flexibility index (Phi) is 6.09. The molecule has 2 aromatic heterocycles. The average Bonchev–Trinajstić information content (AvgIpc) is 3.32. The van der Waals surface area contributed by atoms with Gasteiger partial charge in [0.05, 0.1) is 12.6 Å². The first-order valence-electron chi connectivity index (χ1n) is 10.8. The van der Waals surface area contributed by atoms with Gasteiger partial charge in [0.2, 0.25) is 10.0 Å². The summed E-state index contributed by atoms with van der Waals surface area (Å²) in [4.78, 5) is 4.60. The van der Waals surface area contributed by atoms with Gasteiger partial charge in [-0.15, -0.1) is 21.5 Å². The third-order valence-corrected chi connectivity index (χ3v) is 9.03. The highest BCUT2D eigenvalue weighted by atomic mass is 32.2. The minimum absolute atomic E-state index is 0.226. The number of methoxy groups -OCH3 is 1. The van der Waals surface area contributed by atoms with Gasteiger partial charge in [0.25, 0.3) is 0 Å². The van der Waals surface area contributed by atoms with Gasteiger partial charge in [-0.2, -0.15) is 4.31 Å². The lowest BCUT2D eigenvalue weighted by atomic mass is 9.99. The van der Waals surface area contributed by atoms with Gasteiger partial charge in [-0.05, 0) is 42.7 Å². The van der Waals surface area contributed by atoms with Crippen LogP contribution in [0.4, 0.5) is 0 Å². The molecule has 170 valence electrons. The maximum absolute atomic E-state index is 13.3. The van der Waals surface area contributed by atoms with Crippen molar-refractivity contribution >= 4 is 32.3 Å². The van der Waals surface area contributed by atoms with Crippen LogP contribution in [0.5, 0.6) is 5.75 Å². The van der Waals surface area contributed by atoms with Crippen molar-refractivity contribution in [3.8, 4) is 5.75 Å². The van der Waals surface area contributed by atoms with E-state index in [0.717, 1.165) is 46.0 Å². The molecule has 33 heavy (non-hydrogen) atoms. The van der Waals surface area contributed by atoms with E-state index in [2.05, 4.69) is 15.2 Å². The highest BCUT2D eigenvalue weighted by Gasteiger charge is 2.32. The molecule has 0 unspecified atom stereocenters. The number of hydrogen-bond donors (Lipinski definition) is 0. The fourth-order valence-electron chi connectivity index (χ4n) is 4.19. The van der Waals surface area contributed by atoms with E-state index in [1.807, 2.05) is 42.5 Å². The van der Waals surface area contributed by atoms with E-state index < -0.39 is 10.0 Å². The van der Waals surface area contributed by atoms with Crippen molar-refractivity contribution in [1.82, 2.24) is 19.5 Å².